The van der Waals surface area contributed by atoms with Crippen molar-refractivity contribution < 1.29 is 11.0 Å². The third-order valence-corrected chi connectivity index (χ3v) is 4.35. The van der Waals surface area contributed by atoms with Crippen molar-refractivity contribution in [2.24, 2.45) is 5.92 Å². The molecule has 90 valence electrons. The van der Waals surface area contributed by atoms with E-state index in [9.17, 15) is 4.55 Å². The minimum Gasteiger partial charge on any atom is -0.598 e. The van der Waals surface area contributed by atoms with E-state index in [-0.39, 0.29) is 11.4 Å². The summed E-state index contributed by atoms with van der Waals surface area (Å²) >= 11 is -1.19. The molecule has 0 aliphatic heterocycles. The van der Waals surface area contributed by atoms with Crippen molar-refractivity contribution in [3.8, 4) is 0 Å². The third-order valence-electron chi connectivity index (χ3n) is 2.76. The van der Waals surface area contributed by atoms with E-state index >= 15 is 0 Å². The lowest BCUT2D eigenvalue weighted by atomic mass is 9.87. The van der Waals surface area contributed by atoms with Gasteiger partial charge in [-0.3, -0.25) is 0 Å². The fourth-order valence-electron chi connectivity index (χ4n) is 1.59. The highest BCUT2D eigenvalue weighted by atomic mass is 32.2. The van der Waals surface area contributed by atoms with Crippen LogP contribution in [-0.4, -0.2) is 27.0 Å². The number of aliphatic hydroxyl groups is 1. The SMILES string of the molecule is [2H]C1(N[S+]([O-])C(C)(C)C)CCC(CO)CC1. The van der Waals surface area contributed by atoms with Crippen molar-refractivity contribution >= 4 is 11.4 Å². The molecule has 1 atom stereocenters. The van der Waals surface area contributed by atoms with E-state index in [1.54, 1.807) is 0 Å². The third kappa shape index (κ3) is 4.31. The van der Waals surface area contributed by atoms with Gasteiger partial charge < -0.3 is 9.66 Å². The van der Waals surface area contributed by atoms with Gasteiger partial charge in [0.2, 0.25) is 0 Å². The van der Waals surface area contributed by atoms with E-state index in [0.29, 0.717) is 18.8 Å². The number of nitrogens with one attached hydrogen (secondary N) is 1. The van der Waals surface area contributed by atoms with Crippen molar-refractivity contribution in [2.75, 3.05) is 6.61 Å². The molecule has 2 N–H and O–H groups in total. The lowest BCUT2D eigenvalue weighted by molar-refractivity contribution is 0.180. The maximum Gasteiger partial charge on any atom is 0.136 e. The number of aliphatic hydroxyl groups excluding tert-OH is 1. The van der Waals surface area contributed by atoms with E-state index in [4.69, 9.17) is 6.48 Å². The lowest BCUT2D eigenvalue weighted by Gasteiger charge is -2.31. The molecular weight excluding hydrogens is 210 g/mol. The maximum absolute atomic E-state index is 11.9. The molecule has 1 rings (SSSR count). The van der Waals surface area contributed by atoms with Crippen LogP contribution in [0.3, 0.4) is 0 Å². The Balaban J connectivity index is 2.48. The molecule has 3 nitrogen and oxygen atoms in total. The topological polar surface area (TPSA) is 55.3 Å². The zero-order valence-electron chi connectivity index (χ0n) is 10.9. The minimum atomic E-state index is -1.19. The first kappa shape index (κ1) is 11.7. The molecule has 0 aromatic carbocycles. The Kier molecular flexibility index (Phi) is 4.31. The van der Waals surface area contributed by atoms with Crippen LogP contribution in [0.15, 0.2) is 0 Å². The van der Waals surface area contributed by atoms with Crippen molar-refractivity contribution in [2.45, 2.75) is 57.2 Å². The summed E-state index contributed by atoms with van der Waals surface area (Å²) in [5, 5.41) is 9.03. The van der Waals surface area contributed by atoms with Gasteiger partial charge in [-0.15, -0.1) is 4.72 Å². The summed E-state index contributed by atoms with van der Waals surface area (Å²) in [6, 6.07) is -0.774. The van der Waals surface area contributed by atoms with E-state index in [1.807, 2.05) is 20.8 Å². The molecule has 15 heavy (non-hydrogen) atoms. The monoisotopic (exact) mass is 234 g/mol. The van der Waals surface area contributed by atoms with Gasteiger partial charge in [0, 0.05) is 18.0 Å². The predicted molar refractivity (Wildman–Crippen MR) is 63.9 cm³/mol. The molecule has 0 saturated heterocycles. The van der Waals surface area contributed by atoms with Gasteiger partial charge in [0.1, 0.15) is 4.75 Å². The summed E-state index contributed by atoms with van der Waals surface area (Å²) in [5.41, 5.74) is 0. The Morgan fingerprint density at radius 1 is 1.40 bits per heavy atom. The minimum absolute atomic E-state index is 0.207. The van der Waals surface area contributed by atoms with Crippen LogP contribution in [0.2, 0.25) is 0 Å². The summed E-state index contributed by atoms with van der Waals surface area (Å²) in [6.45, 7) is 5.91. The Hall–Kier alpha value is 0.230. The molecule has 1 saturated carbocycles. The van der Waals surface area contributed by atoms with Crippen LogP contribution in [0.25, 0.3) is 0 Å². The molecule has 0 heterocycles. The summed E-state index contributed by atoms with van der Waals surface area (Å²) in [7, 11) is 0. The summed E-state index contributed by atoms with van der Waals surface area (Å²) in [5.74, 6) is 0.323. The zero-order chi connectivity index (χ0) is 12.4. The lowest BCUT2D eigenvalue weighted by Crippen LogP contribution is -2.46. The quantitative estimate of drug-likeness (QED) is 0.729. The van der Waals surface area contributed by atoms with E-state index in [2.05, 4.69) is 4.72 Å². The Morgan fingerprint density at radius 3 is 2.33 bits per heavy atom. The molecule has 1 aliphatic carbocycles. The molecule has 0 bridgehead atoms. The van der Waals surface area contributed by atoms with Crippen LogP contribution in [0.5, 0.6) is 0 Å². The van der Waals surface area contributed by atoms with Crippen LogP contribution in [-0.2, 0) is 11.4 Å². The highest BCUT2D eigenvalue weighted by Gasteiger charge is 2.30. The van der Waals surface area contributed by atoms with Crippen molar-refractivity contribution in [1.29, 1.82) is 0 Å². The van der Waals surface area contributed by atoms with Gasteiger partial charge in [-0.2, -0.15) is 0 Å². The van der Waals surface area contributed by atoms with Gasteiger partial charge in [0.15, 0.2) is 0 Å². The van der Waals surface area contributed by atoms with Crippen molar-refractivity contribution in [1.82, 2.24) is 4.72 Å². The Labute approximate surface area is 97.4 Å². The second-order valence-electron chi connectivity index (χ2n) is 5.21. The molecule has 0 radical (unpaired) electrons. The van der Waals surface area contributed by atoms with E-state index in [0.717, 1.165) is 12.8 Å². The number of hydrogen-bond donors (Lipinski definition) is 2. The smallest absolute Gasteiger partial charge is 0.136 e. The molecule has 0 aromatic heterocycles. The molecule has 0 spiro atoms. The Morgan fingerprint density at radius 2 is 1.93 bits per heavy atom. The first-order chi connectivity index (χ1) is 7.27. The molecule has 0 aromatic rings. The number of rotatable bonds is 3. The summed E-state index contributed by atoms with van der Waals surface area (Å²) < 4.78 is 22.7. The normalized spacial score (nSPS) is 36.1. The van der Waals surface area contributed by atoms with Gasteiger partial charge in [-0.25, -0.2) is 0 Å². The van der Waals surface area contributed by atoms with Crippen LogP contribution in [0, 0.1) is 5.92 Å². The van der Waals surface area contributed by atoms with Gasteiger partial charge >= 0.3 is 0 Å². The van der Waals surface area contributed by atoms with Gasteiger partial charge in [0.05, 0.1) is 7.39 Å². The van der Waals surface area contributed by atoms with Crippen LogP contribution < -0.4 is 4.72 Å². The average Bonchev–Trinajstić information content (AvgIpc) is 2.17. The first-order valence-corrected chi connectivity index (χ1v) is 6.72. The summed E-state index contributed by atoms with van der Waals surface area (Å²) in [6.07, 6.45) is 3.02. The molecule has 1 fully saturated rings. The van der Waals surface area contributed by atoms with Gasteiger partial charge in [0.25, 0.3) is 0 Å². The second kappa shape index (κ2) is 5.53. The first-order valence-electron chi connectivity index (χ1n) is 6.07. The van der Waals surface area contributed by atoms with Crippen LogP contribution in [0.4, 0.5) is 0 Å². The van der Waals surface area contributed by atoms with E-state index in [1.165, 1.54) is 0 Å². The van der Waals surface area contributed by atoms with E-state index < -0.39 is 17.4 Å². The van der Waals surface area contributed by atoms with Crippen molar-refractivity contribution in [3.63, 3.8) is 0 Å². The van der Waals surface area contributed by atoms with Crippen molar-refractivity contribution in [3.05, 3.63) is 0 Å². The highest BCUT2D eigenvalue weighted by Crippen LogP contribution is 2.25. The highest BCUT2D eigenvalue weighted by molar-refractivity contribution is 7.90. The average molecular weight is 234 g/mol. The molecule has 1 aliphatic rings. The fourth-order valence-corrected chi connectivity index (χ4v) is 2.37. The predicted octanol–water partition coefficient (Wildman–Crippen LogP) is 1.59. The molecule has 0 amide bonds. The number of hydrogen-bond acceptors (Lipinski definition) is 3. The van der Waals surface area contributed by atoms with Crippen LogP contribution >= 0.6 is 0 Å². The largest absolute Gasteiger partial charge is 0.598 e. The standard InChI is InChI=1S/C11H23NO2S/c1-11(2,3)15(14)12-10-6-4-9(8-13)5-7-10/h9-10,12-13H,4-8H2,1-3H3/i10D. The second-order valence-corrected chi connectivity index (χ2v) is 7.18. The molecular formula is C11H23NO2S. The summed E-state index contributed by atoms with van der Waals surface area (Å²) in [4.78, 5) is 0. The molecule has 4 heteroatoms. The van der Waals surface area contributed by atoms with Gasteiger partial charge in [-0.1, -0.05) is 0 Å². The van der Waals surface area contributed by atoms with Crippen LogP contribution in [0.1, 0.15) is 47.8 Å². The van der Waals surface area contributed by atoms with Gasteiger partial charge in [-0.05, 0) is 52.4 Å². The molecule has 1 unspecified atom stereocenters. The Bertz CT molecular complexity index is 225. The zero-order valence-corrected chi connectivity index (χ0v) is 10.7. The maximum atomic E-state index is 11.9. The fraction of sp³-hybridized carbons (Fsp3) is 1.00.